The molecule has 0 radical (unpaired) electrons. The fourth-order valence-electron chi connectivity index (χ4n) is 5.04. The summed E-state index contributed by atoms with van der Waals surface area (Å²) in [5.74, 6) is 0.196. The fraction of sp³-hybridized carbons (Fsp3) is 0.476. The van der Waals surface area contributed by atoms with E-state index in [0.29, 0.717) is 16.6 Å². The van der Waals surface area contributed by atoms with Crippen LogP contribution >= 0.6 is 11.6 Å². The number of rotatable bonds is 3. The van der Waals surface area contributed by atoms with E-state index >= 15 is 0 Å². The van der Waals surface area contributed by atoms with Gasteiger partial charge in [0.2, 0.25) is 5.88 Å². The first kappa shape index (κ1) is 19.0. The van der Waals surface area contributed by atoms with Crippen molar-refractivity contribution in [2.75, 3.05) is 0 Å². The Morgan fingerprint density at radius 1 is 1.25 bits per heavy atom. The van der Waals surface area contributed by atoms with Gasteiger partial charge in [0.15, 0.2) is 0 Å². The number of hydrogen-bond acceptors (Lipinski definition) is 4. The zero-order chi connectivity index (χ0) is 20.3. The number of benzene rings is 1. The van der Waals surface area contributed by atoms with Crippen molar-refractivity contribution in [2.24, 2.45) is 21.7 Å². The minimum atomic E-state index is -0.713. The molecule has 0 unspecified atom stereocenters. The Morgan fingerprint density at radius 2 is 1.93 bits per heavy atom. The third-order valence-corrected chi connectivity index (χ3v) is 7.59. The molecule has 3 atom stereocenters. The number of nitrogens with one attached hydrogen (secondary N) is 1. The Balaban J connectivity index is 1.74. The largest absolute Gasteiger partial charge is 0.493 e. The molecule has 1 heterocycles. The van der Waals surface area contributed by atoms with E-state index < -0.39 is 17.1 Å². The lowest BCUT2D eigenvalue weighted by Gasteiger charge is -2.37. The quantitative estimate of drug-likeness (QED) is 0.771. The van der Waals surface area contributed by atoms with Gasteiger partial charge in [0.25, 0.3) is 5.56 Å². The van der Waals surface area contributed by atoms with Gasteiger partial charge in [0.05, 0.1) is 11.7 Å². The Hall–Kier alpha value is -2.34. The van der Waals surface area contributed by atoms with Crippen LogP contribution in [0.5, 0.6) is 5.88 Å². The minimum absolute atomic E-state index is 0.0151. The van der Waals surface area contributed by atoms with Crippen molar-refractivity contribution in [2.45, 2.75) is 46.1 Å². The van der Waals surface area contributed by atoms with Gasteiger partial charge in [-0.25, -0.2) is 9.36 Å². The predicted molar refractivity (Wildman–Crippen MR) is 110 cm³/mol. The van der Waals surface area contributed by atoms with Crippen molar-refractivity contribution in [3.8, 4) is 11.6 Å². The summed E-state index contributed by atoms with van der Waals surface area (Å²) in [6.07, 6.45) is 4.73. The Labute approximate surface area is 167 Å². The molecule has 0 aliphatic heterocycles. The number of fused-ring (bicyclic) bond motifs is 2. The third kappa shape index (κ3) is 2.65. The molecule has 0 spiro atoms. The molecule has 2 aliphatic carbocycles. The van der Waals surface area contributed by atoms with Crippen molar-refractivity contribution in [1.82, 2.24) is 9.55 Å². The minimum Gasteiger partial charge on any atom is -0.493 e. The van der Waals surface area contributed by atoms with Gasteiger partial charge in [-0.15, -0.1) is 0 Å². The van der Waals surface area contributed by atoms with E-state index in [2.05, 4.69) is 25.8 Å². The van der Waals surface area contributed by atoms with Crippen molar-refractivity contribution >= 4 is 17.8 Å². The van der Waals surface area contributed by atoms with E-state index in [4.69, 9.17) is 16.6 Å². The molecule has 4 rings (SSSR count). The summed E-state index contributed by atoms with van der Waals surface area (Å²) in [6, 6.07) is 6.51. The van der Waals surface area contributed by atoms with Crippen molar-refractivity contribution in [3.05, 3.63) is 55.7 Å². The van der Waals surface area contributed by atoms with Gasteiger partial charge in [-0.05, 0) is 60.3 Å². The number of aliphatic imine (C=N–C) groups is 1. The van der Waals surface area contributed by atoms with E-state index in [1.165, 1.54) is 12.6 Å². The van der Waals surface area contributed by atoms with Crippen LogP contribution < -0.4 is 11.2 Å². The molecule has 1 aromatic heterocycles. The van der Waals surface area contributed by atoms with Crippen LogP contribution in [0.1, 0.15) is 45.6 Å². The molecule has 148 valence electrons. The molecular formula is C21H24ClN3O3. The second kappa shape index (κ2) is 6.34. The van der Waals surface area contributed by atoms with Crippen LogP contribution in [0.4, 0.5) is 0 Å². The number of aromatic amines is 1. The van der Waals surface area contributed by atoms with Gasteiger partial charge in [0.1, 0.15) is 5.56 Å². The number of aromatic hydroxyl groups is 1. The summed E-state index contributed by atoms with van der Waals surface area (Å²) in [5, 5.41) is 11.2. The van der Waals surface area contributed by atoms with Gasteiger partial charge in [0, 0.05) is 11.2 Å². The molecule has 0 amide bonds. The van der Waals surface area contributed by atoms with Crippen LogP contribution in [0.2, 0.25) is 5.02 Å². The lowest BCUT2D eigenvalue weighted by atomic mass is 9.69. The second-order valence-electron chi connectivity index (χ2n) is 8.71. The Bertz CT molecular complexity index is 1070. The maximum absolute atomic E-state index is 12.3. The standard InChI is InChI=1S/C21H24ClN3O3/c1-20(2)12-8-9-21(20,3)16(10-12)23-11-15-17(26)24-19(28)25(18(15)27)14-6-4-13(22)5-7-14/h4-7,11-12,16,27H,8-10H2,1-3H3,(H,24,26,28)/t12-,16+,21+/m0/s1. The highest BCUT2D eigenvalue weighted by atomic mass is 35.5. The zero-order valence-electron chi connectivity index (χ0n) is 16.2. The number of H-pyrrole nitrogens is 1. The van der Waals surface area contributed by atoms with Crippen molar-refractivity contribution < 1.29 is 5.11 Å². The van der Waals surface area contributed by atoms with E-state index in [1.54, 1.807) is 24.3 Å². The van der Waals surface area contributed by atoms with Crippen molar-refractivity contribution in [1.29, 1.82) is 0 Å². The van der Waals surface area contributed by atoms with Crippen LogP contribution in [0.3, 0.4) is 0 Å². The Morgan fingerprint density at radius 3 is 2.50 bits per heavy atom. The summed E-state index contributed by atoms with van der Waals surface area (Å²) in [7, 11) is 0. The summed E-state index contributed by atoms with van der Waals surface area (Å²) in [6.45, 7) is 6.86. The zero-order valence-corrected chi connectivity index (χ0v) is 17.0. The number of nitrogens with zero attached hydrogens (tertiary/aromatic N) is 2. The van der Waals surface area contributed by atoms with E-state index in [1.807, 2.05) is 0 Å². The molecule has 2 aromatic rings. The summed E-state index contributed by atoms with van der Waals surface area (Å²) in [4.78, 5) is 31.6. The van der Waals surface area contributed by atoms with E-state index in [9.17, 15) is 14.7 Å². The summed E-state index contributed by atoms with van der Waals surface area (Å²) >= 11 is 5.90. The second-order valence-corrected chi connectivity index (χ2v) is 9.15. The first-order valence-electron chi connectivity index (χ1n) is 9.52. The molecular weight excluding hydrogens is 378 g/mol. The molecule has 0 saturated heterocycles. The third-order valence-electron chi connectivity index (χ3n) is 7.34. The summed E-state index contributed by atoms with van der Waals surface area (Å²) in [5.41, 5.74) is -0.698. The predicted octanol–water partition coefficient (Wildman–Crippen LogP) is 3.52. The summed E-state index contributed by atoms with van der Waals surface area (Å²) < 4.78 is 1.05. The van der Waals surface area contributed by atoms with Crippen molar-refractivity contribution in [3.63, 3.8) is 0 Å². The van der Waals surface area contributed by atoms with E-state index in [-0.39, 0.29) is 22.4 Å². The normalized spacial score (nSPS) is 28.3. The number of halogens is 1. The first-order valence-corrected chi connectivity index (χ1v) is 9.90. The molecule has 7 heteroatoms. The van der Waals surface area contributed by atoms with Crippen LogP contribution in [0, 0.1) is 16.7 Å². The molecule has 2 aliphatic rings. The van der Waals surface area contributed by atoms with Gasteiger partial charge in [-0.3, -0.25) is 14.8 Å². The molecule has 2 saturated carbocycles. The maximum atomic E-state index is 12.3. The lowest BCUT2D eigenvalue weighted by molar-refractivity contribution is 0.137. The lowest BCUT2D eigenvalue weighted by Crippen LogP contribution is -2.35. The van der Waals surface area contributed by atoms with E-state index in [0.717, 1.165) is 17.4 Å². The number of aromatic nitrogens is 2. The monoisotopic (exact) mass is 401 g/mol. The SMILES string of the molecule is CC1(C)[C@H]2CC[C@]1(C)[C@H](N=Cc1c(O)n(-c3ccc(Cl)cc3)c(=O)[nH]c1=O)C2. The smallest absolute Gasteiger partial charge is 0.335 e. The van der Waals surface area contributed by atoms with Crippen LogP contribution in [-0.2, 0) is 0 Å². The molecule has 2 fully saturated rings. The van der Waals surface area contributed by atoms with Gasteiger partial charge >= 0.3 is 5.69 Å². The Kier molecular flexibility index (Phi) is 4.30. The average Bonchev–Trinajstić information content (AvgIpc) is 2.96. The van der Waals surface area contributed by atoms with Gasteiger partial charge < -0.3 is 5.11 Å². The topological polar surface area (TPSA) is 87.4 Å². The molecule has 1 aromatic carbocycles. The molecule has 2 N–H and O–H groups in total. The van der Waals surface area contributed by atoms with Gasteiger partial charge in [-0.2, -0.15) is 0 Å². The highest BCUT2D eigenvalue weighted by Gasteiger charge is 2.61. The molecule has 2 bridgehead atoms. The van der Waals surface area contributed by atoms with Crippen LogP contribution in [0.25, 0.3) is 5.69 Å². The van der Waals surface area contributed by atoms with Gasteiger partial charge in [-0.1, -0.05) is 32.4 Å². The molecule has 28 heavy (non-hydrogen) atoms. The number of hydrogen-bond donors (Lipinski definition) is 2. The van der Waals surface area contributed by atoms with Crippen LogP contribution in [-0.4, -0.2) is 26.9 Å². The first-order chi connectivity index (χ1) is 13.1. The van der Waals surface area contributed by atoms with Crippen LogP contribution in [0.15, 0.2) is 38.8 Å². The highest BCUT2D eigenvalue weighted by Crippen LogP contribution is 2.66. The fourth-order valence-corrected chi connectivity index (χ4v) is 5.16. The maximum Gasteiger partial charge on any atom is 0.335 e. The average molecular weight is 402 g/mol. The molecule has 6 nitrogen and oxygen atoms in total. The highest BCUT2D eigenvalue weighted by molar-refractivity contribution is 6.30.